The van der Waals surface area contributed by atoms with Gasteiger partial charge in [-0.3, -0.25) is 0 Å². The number of methoxy groups -OCH3 is 1. The lowest BCUT2D eigenvalue weighted by Crippen LogP contribution is -2.08. The van der Waals surface area contributed by atoms with Crippen molar-refractivity contribution in [3.05, 3.63) is 28.4 Å². The molecule has 1 saturated heterocycles. The molecule has 90 valence electrons. The highest BCUT2D eigenvalue weighted by atomic mass is 79.9. The number of aromatic amines is 1. The van der Waals surface area contributed by atoms with Gasteiger partial charge in [0.2, 0.25) is 0 Å². The topological polar surface area (TPSA) is 37.0 Å². The molecule has 2 heterocycles. The standard InChI is InChI=1S/C13H15BrN2O/c1-17-10-4-2-3-9-11(14)12(16-13(9)10)8-5-6-15-7-8/h2-4,8,15-16H,5-7H2,1H3. The molecule has 1 atom stereocenters. The summed E-state index contributed by atoms with van der Waals surface area (Å²) in [6.07, 6.45) is 1.19. The average molecular weight is 295 g/mol. The molecule has 0 saturated carbocycles. The molecule has 2 N–H and O–H groups in total. The van der Waals surface area contributed by atoms with Crippen LogP contribution in [0.25, 0.3) is 10.9 Å². The van der Waals surface area contributed by atoms with Crippen molar-refractivity contribution in [2.24, 2.45) is 0 Å². The van der Waals surface area contributed by atoms with Crippen molar-refractivity contribution in [2.75, 3.05) is 20.2 Å². The van der Waals surface area contributed by atoms with Crippen LogP contribution in [0.15, 0.2) is 22.7 Å². The van der Waals surface area contributed by atoms with Crippen molar-refractivity contribution >= 4 is 26.8 Å². The Morgan fingerprint density at radius 1 is 1.41 bits per heavy atom. The van der Waals surface area contributed by atoms with Crippen LogP contribution in [0.5, 0.6) is 5.75 Å². The molecule has 4 heteroatoms. The summed E-state index contributed by atoms with van der Waals surface area (Å²) < 4.78 is 6.57. The second-order valence-corrected chi connectivity index (χ2v) is 5.22. The predicted octanol–water partition coefficient (Wildman–Crippen LogP) is 3.02. The monoisotopic (exact) mass is 294 g/mol. The molecular formula is C13H15BrN2O. The molecule has 1 aromatic heterocycles. The third-order valence-electron chi connectivity index (χ3n) is 3.45. The molecule has 1 unspecified atom stereocenters. The van der Waals surface area contributed by atoms with Crippen LogP contribution in [0.3, 0.4) is 0 Å². The Kier molecular flexibility index (Phi) is 2.84. The van der Waals surface area contributed by atoms with Crippen LogP contribution in [0.2, 0.25) is 0 Å². The van der Waals surface area contributed by atoms with E-state index in [1.807, 2.05) is 12.1 Å². The number of H-pyrrole nitrogens is 1. The second kappa shape index (κ2) is 4.35. The maximum Gasteiger partial charge on any atom is 0.142 e. The first-order chi connectivity index (χ1) is 8.31. The Hall–Kier alpha value is -1.00. The molecule has 1 fully saturated rings. The molecule has 0 aliphatic carbocycles. The van der Waals surface area contributed by atoms with Crippen LogP contribution >= 0.6 is 15.9 Å². The van der Waals surface area contributed by atoms with Crippen LogP contribution < -0.4 is 10.1 Å². The van der Waals surface area contributed by atoms with E-state index in [1.54, 1.807) is 7.11 Å². The van der Waals surface area contributed by atoms with E-state index >= 15 is 0 Å². The minimum absolute atomic E-state index is 0.571. The molecule has 1 aromatic carbocycles. The Labute approximate surface area is 109 Å². The lowest BCUT2D eigenvalue weighted by Gasteiger charge is -2.06. The van der Waals surface area contributed by atoms with E-state index in [9.17, 15) is 0 Å². The van der Waals surface area contributed by atoms with Gasteiger partial charge in [-0.1, -0.05) is 12.1 Å². The van der Waals surface area contributed by atoms with E-state index in [-0.39, 0.29) is 0 Å². The molecule has 3 nitrogen and oxygen atoms in total. The maximum atomic E-state index is 5.39. The molecule has 0 radical (unpaired) electrons. The first-order valence-corrected chi connectivity index (χ1v) is 6.65. The molecule has 0 bridgehead atoms. The van der Waals surface area contributed by atoms with Gasteiger partial charge in [-0.05, 0) is 35.0 Å². The molecule has 1 aliphatic heterocycles. The van der Waals surface area contributed by atoms with Gasteiger partial charge in [0.1, 0.15) is 5.75 Å². The summed E-state index contributed by atoms with van der Waals surface area (Å²) in [5.74, 6) is 1.47. The minimum atomic E-state index is 0.571. The van der Waals surface area contributed by atoms with Gasteiger partial charge in [0, 0.05) is 28.0 Å². The summed E-state index contributed by atoms with van der Waals surface area (Å²) in [5.41, 5.74) is 2.37. The van der Waals surface area contributed by atoms with Gasteiger partial charge >= 0.3 is 0 Å². The number of rotatable bonds is 2. The summed E-state index contributed by atoms with van der Waals surface area (Å²) >= 11 is 3.71. The van der Waals surface area contributed by atoms with Gasteiger partial charge in [-0.25, -0.2) is 0 Å². The van der Waals surface area contributed by atoms with Crippen LogP contribution in [0, 0.1) is 0 Å². The highest BCUT2D eigenvalue weighted by Crippen LogP contribution is 2.37. The summed E-state index contributed by atoms with van der Waals surface area (Å²) in [4.78, 5) is 3.51. The molecule has 2 aromatic rings. The van der Waals surface area contributed by atoms with E-state index < -0.39 is 0 Å². The SMILES string of the molecule is COc1cccc2c(Br)c(C3CCNC3)[nH]c12. The molecule has 0 amide bonds. The van der Waals surface area contributed by atoms with Crippen LogP contribution in [-0.4, -0.2) is 25.2 Å². The number of hydrogen-bond acceptors (Lipinski definition) is 2. The molecule has 0 spiro atoms. The number of hydrogen-bond donors (Lipinski definition) is 2. The number of halogens is 1. The molecule has 1 aliphatic rings. The summed E-state index contributed by atoms with van der Waals surface area (Å²) in [7, 11) is 1.71. The van der Waals surface area contributed by atoms with E-state index in [0.717, 1.165) is 24.4 Å². The zero-order valence-electron chi connectivity index (χ0n) is 9.72. The molecule has 3 rings (SSSR count). The van der Waals surface area contributed by atoms with Crippen molar-refractivity contribution in [1.82, 2.24) is 10.3 Å². The molecular weight excluding hydrogens is 280 g/mol. The number of para-hydroxylation sites is 1. The maximum absolute atomic E-state index is 5.39. The lowest BCUT2D eigenvalue weighted by molar-refractivity contribution is 0.419. The summed E-state index contributed by atoms with van der Waals surface area (Å²) in [6.45, 7) is 2.15. The number of aromatic nitrogens is 1. The fourth-order valence-electron chi connectivity index (χ4n) is 2.53. The van der Waals surface area contributed by atoms with Gasteiger partial charge < -0.3 is 15.0 Å². The van der Waals surface area contributed by atoms with E-state index in [0.29, 0.717) is 5.92 Å². The Balaban J connectivity index is 2.16. The number of ether oxygens (including phenoxy) is 1. The Bertz CT molecular complexity index is 544. The quantitative estimate of drug-likeness (QED) is 0.893. The fraction of sp³-hybridized carbons (Fsp3) is 0.385. The van der Waals surface area contributed by atoms with Crippen molar-refractivity contribution in [2.45, 2.75) is 12.3 Å². The van der Waals surface area contributed by atoms with Crippen LogP contribution in [0.1, 0.15) is 18.0 Å². The zero-order chi connectivity index (χ0) is 11.8. The summed E-state index contributed by atoms with van der Waals surface area (Å²) in [5, 5.41) is 4.60. The number of benzene rings is 1. The lowest BCUT2D eigenvalue weighted by atomic mass is 10.1. The Morgan fingerprint density at radius 2 is 2.29 bits per heavy atom. The van der Waals surface area contributed by atoms with Gasteiger partial charge in [-0.2, -0.15) is 0 Å². The number of fused-ring (bicyclic) bond motifs is 1. The minimum Gasteiger partial charge on any atom is -0.495 e. The largest absolute Gasteiger partial charge is 0.495 e. The fourth-order valence-corrected chi connectivity index (χ4v) is 3.28. The highest BCUT2D eigenvalue weighted by molar-refractivity contribution is 9.10. The van der Waals surface area contributed by atoms with Gasteiger partial charge in [0.15, 0.2) is 0 Å². The normalized spacial score (nSPS) is 20.0. The van der Waals surface area contributed by atoms with E-state index in [1.165, 1.54) is 22.0 Å². The smallest absolute Gasteiger partial charge is 0.142 e. The van der Waals surface area contributed by atoms with Crippen molar-refractivity contribution < 1.29 is 4.74 Å². The van der Waals surface area contributed by atoms with Gasteiger partial charge in [-0.15, -0.1) is 0 Å². The van der Waals surface area contributed by atoms with Gasteiger partial charge in [0.25, 0.3) is 0 Å². The van der Waals surface area contributed by atoms with Crippen molar-refractivity contribution in [3.8, 4) is 5.75 Å². The van der Waals surface area contributed by atoms with Crippen LogP contribution in [0.4, 0.5) is 0 Å². The second-order valence-electron chi connectivity index (χ2n) is 4.43. The Morgan fingerprint density at radius 3 is 3.00 bits per heavy atom. The third-order valence-corrected chi connectivity index (χ3v) is 4.30. The van der Waals surface area contributed by atoms with Crippen molar-refractivity contribution in [3.63, 3.8) is 0 Å². The first kappa shape index (κ1) is 11.1. The van der Waals surface area contributed by atoms with E-state index in [4.69, 9.17) is 4.74 Å². The predicted molar refractivity (Wildman–Crippen MR) is 72.8 cm³/mol. The average Bonchev–Trinajstić information content (AvgIpc) is 2.97. The van der Waals surface area contributed by atoms with Crippen LogP contribution in [-0.2, 0) is 0 Å². The van der Waals surface area contributed by atoms with E-state index in [2.05, 4.69) is 32.3 Å². The number of nitrogens with one attached hydrogen (secondary N) is 2. The van der Waals surface area contributed by atoms with Crippen molar-refractivity contribution in [1.29, 1.82) is 0 Å². The highest BCUT2D eigenvalue weighted by Gasteiger charge is 2.22. The first-order valence-electron chi connectivity index (χ1n) is 5.86. The van der Waals surface area contributed by atoms with Gasteiger partial charge in [0.05, 0.1) is 12.6 Å². The third kappa shape index (κ3) is 1.76. The zero-order valence-corrected chi connectivity index (χ0v) is 11.3. The molecule has 17 heavy (non-hydrogen) atoms. The summed E-state index contributed by atoms with van der Waals surface area (Å²) in [6, 6.07) is 6.13.